The SMILES string of the molecule is O=NO.[Cl][Al]([Cl])[Cl]. The number of hydrogen-bond acceptors (Lipinski definition) is 2. The predicted molar refractivity (Wildman–Crippen MR) is 30.9 cm³/mol. The largest absolute Gasteiger partial charge is 0.643 e. The van der Waals surface area contributed by atoms with E-state index in [0.29, 0.717) is 0 Å². The maximum Gasteiger partial charge on any atom is 0.643 e. The molecule has 42 valence electrons. The summed E-state index contributed by atoms with van der Waals surface area (Å²) < 4.78 is 0. The van der Waals surface area contributed by atoms with Crippen LogP contribution in [0, 0.1) is 4.91 Å². The molecule has 0 saturated heterocycles. The maximum atomic E-state index is 8.11. The third-order valence-corrected chi connectivity index (χ3v) is 0. The predicted octanol–water partition coefficient (Wildman–Crippen LogP) is 1.83. The minimum atomic E-state index is -1.72. The van der Waals surface area contributed by atoms with Crippen molar-refractivity contribution in [2.75, 3.05) is 0 Å². The first kappa shape index (κ1) is 10.7. The summed E-state index contributed by atoms with van der Waals surface area (Å²) in [5, 5.41) is 7.89. The van der Waals surface area contributed by atoms with Gasteiger partial charge < -0.3 is 5.21 Å². The lowest BCUT2D eigenvalue weighted by Gasteiger charge is -1.57. The van der Waals surface area contributed by atoms with Crippen molar-refractivity contribution in [1.29, 1.82) is 0 Å². The molecule has 0 bridgehead atoms. The number of rotatable bonds is 0. The van der Waals surface area contributed by atoms with Crippen molar-refractivity contribution in [2.45, 2.75) is 0 Å². The molecule has 0 fully saturated rings. The molecule has 0 aliphatic heterocycles. The van der Waals surface area contributed by atoms with E-state index in [2.05, 4.69) is 0 Å². The standard InChI is InChI=1S/Al.3ClH.HNO2/c;;;;2-1-3/h;3*1H;(H,2,3)/q+3;;;;/p-3. The van der Waals surface area contributed by atoms with Crippen LogP contribution in [0.25, 0.3) is 0 Å². The topological polar surface area (TPSA) is 49.7 Å². The fourth-order valence-corrected chi connectivity index (χ4v) is 0. The lowest BCUT2D eigenvalue weighted by molar-refractivity contribution is 0.312. The molecule has 7 heteroatoms. The van der Waals surface area contributed by atoms with E-state index in [9.17, 15) is 0 Å². The molecular formula is HAlCl3NO2. The Kier molecular flexibility index (Phi) is 15.2. The van der Waals surface area contributed by atoms with E-state index in [1.54, 1.807) is 0 Å². The molecule has 0 radical (unpaired) electrons. The summed E-state index contributed by atoms with van der Waals surface area (Å²) in [5.74, 6) is 0. The van der Waals surface area contributed by atoms with Gasteiger partial charge in [-0.15, -0.1) is 4.91 Å². The second-order valence-electron chi connectivity index (χ2n) is 0.329. The van der Waals surface area contributed by atoms with E-state index < -0.39 is 11.4 Å². The van der Waals surface area contributed by atoms with Crippen LogP contribution in [0.15, 0.2) is 5.34 Å². The van der Waals surface area contributed by atoms with E-state index in [4.69, 9.17) is 40.3 Å². The molecule has 0 atom stereocenters. The third-order valence-electron chi connectivity index (χ3n) is 0. The van der Waals surface area contributed by atoms with E-state index >= 15 is 0 Å². The van der Waals surface area contributed by atoms with Gasteiger partial charge in [0.15, 0.2) is 5.34 Å². The van der Waals surface area contributed by atoms with Crippen LogP contribution in [0.5, 0.6) is 0 Å². The van der Waals surface area contributed by atoms with Gasteiger partial charge >= 0.3 is 11.4 Å². The van der Waals surface area contributed by atoms with Gasteiger partial charge in [0, 0.05) is 0 Å². The lowest BCUT2D eigenvalue weighted by atomic mass is 13.4. The highest BCUT2D eigenvalue weighted by Gasteiger charge is 2.00. The molecule has 0 amide bonds. The van der Waals surface area contributed by atoms with Crippen molar-refractivity contribution in [3.05, 3.63) is 4.91 Å². The lowest BCUT2D eigenvalue weighted by Crippen LogP contribution is -1.66. The first-order valence-electron chi connectivity index (χ1n) is 1.04. The second kappa shape index (κ2) is 9.93. The Morgan fingerprint density at radius 1 is 1.43 bits per heavy atom. The van der Waals surface area contributed by atoms with Crippen molar-refractivity contribution in [2.24, 2.45) is 5.34 Å². The van der Waals surface area contributed by atoms with Crippen molar-refractivity contribution in [3.63, 3.8) is 0 Å². The fraction of sp³-hybridized carbons (Fsp3) is 0. The van der Waals surface area contributed by atoms with Crippen LogP contribution < -0.4 is 0 Å². The Bertz CT molecular complexity index is 37.2. The molecule has 0 aliphatic rings. The molecule has 0 aromatic rings. The minimum Gasteiger partial charge on any atom is -0.379 e. The average Bonchev–Trinajstić information content (AvgIpc) is 1.33. The first-order valence-corrected chi connectivity index (χ1v) is 6.27. The normalized spacial score (nSPS) is 5.57. The summed E-state index contributed by atoms with van der Waals surface area (Å²) in [5.41, 5.74) is 0. The molecule has 1 N–H and O–H groups in total. The molecule has 0 saturated carbocycles. The van der Waals surface area contributed by atoms with Gasteiger partial charge in [0.2, 0.25) is 0 Å². The van der Waals surface area contributed by atoms with Gasteiger partial charge in [-0.05, 0) is 0 Å². The molecule has 7 heavy (non-hydrogen) atoms. The third kappa shape index (κ3) is 244. The first-order chi connectivity index (χ1) is 3.15. The summed E-state index contributed by atoms with van der Waals surface area (Å²) in [6, 6.07) is 0. The van der Waals surface area contributed by atoms with Crippen LogP contribution in [0.1, 0.15) is 0 Å². The molecule has 0 spiro atoms. The van der Waals surface area contributed by atoms with Crippen LogP contribution in [0.3, 0.4) is 0 Å². The van der Waals surface area contributed by atoms with Gasteiger partial charge in [-0.25, -0.2) is 30.1 Å². The zero-order valence-electron chi connectivity index (χ0n) is 3.01. The van der Waals surface area contributed by atoms with Gasteiger partial charge in [0.1, 0.15) is 0 Å². The van der Waals surface area contributed by atoms with E-state index in [1.165, 1.54) is 5.34 Å². The van der Waals surface area contributed by atoms with Gasteiger partial charge in [0.05, 0.1) is 0 Å². The van der Waals surface area contributed by atoms with Crippen molar-refractivity contribution in [1.82, 2.24) is 0 Å². The average molecular weight is 180 g/mol. The Morgan fingerprint density at radius 2 is 1.43 bits per heavy atom. The summed E-state index contributed by atoms with van der Waals surface area (Å²) in [7, 11) is 14.8. The quantitative estimate of drug-likeness (QED) is 0.351. The Hall–Kier alpha value is 0.802. The Morgan fingerprint density at radius 3 is 1.43 bits per heavy atom. The van der Waals surface area contributed by atoms with E-state index in [-0.39, 0.29) is 0 Å². The van der Waals surface area contributed by atoms with Crippen molar-refractivity contribution in [3.8, 4) is 0 Å². The summed E-state index contributed by atoms with van der Waals surface area (Å²) in [6.07, 6.45) is 0. The van der Waals surface area contributed by atoms with Gasteiger partial charge in [-0.1, -0.05) is 0 Å². The highest BCUT2D eigenvalue weighted by molar-refractivity contribution is 7.54. The Balaban J connectivity index is 0. The molecule has 0 aliphatic carbocycles. The monoisotopic (exact) mass is 179 g/mol. The number of hydrogen-bond donors (Lipinski definition) is 1. The molecule has 3 nitrogen and oxygen atoms in total. The van der Waals surface area contributed by atoms with Gasteiger partial charge in [0.25, 0.3) is 0 Å². The summed E-state index contributed by atoms with van der Waals surface area (Å²) >= 11 is -1.72. The van der Waals surface area contributed by atoms with Crippen LogP contribution in [-0.2, 0) is 0 Å². The van der Waals surface area contributed by atoms with Gasteiger partial charge in [-0.3, -0.25) is 0 Å². The number of halogens is 3. The zero-order valence-corrected chi connectivity index (χ0v) is 6.44. The molecule has 0 unspecified atom stereocenters. The van der Waals surface area contributed by atoms with Crippen molar-refractivity contribution < 1.29 is 5.21 Å². The van der Waals surface area contributed by atoms with E-state index in [1.807, 2.05) is 0 Å². The second-order valence-corrected chi connectivity index (χ2v) is 6.76. The highest BCUT2D eigenvalue weighted by Crippen LogP contribution is 1.97. The Labute approximate surface area is 57.1 Å². The van der Waals surface area contributed by atoms with Crippen LogP contribution >= 0.6 is 30.1 Å². The van der Waals surface area contributed by atoms with Crippen LogP contribution in [0.4, 0.5) is 0 Å². The molecule has 0 rings (SSSR count). The zero-order chi connectivity index (χ0) is 6.28. The molecule has 0 aromatic heterocycles. The fourth-order valence-electron chi connectivity index (χ4n) is 0. The summed E-state index contributed by atoms with van der Waals surface area (Å²) in [6.45, 7) is 0. The van der Waals surface area contributed by atoms with Crippen molar-refractivity contribution >= 4 is 41.5 Å². The van der Waals surface area contributed by atoms with Crippen LogP contribution in [0.2, 0.25) is 0 Å². The van der Waals surface area contributed by atoms with E-state index in [0.717, 1.165) is 0 Å². The minimum absolute atomic E-state index is 1.25. The molecular weight excluding hydrogens is 179 g/mol. The van der Waals surface area contributed by atoms with Gasteiger partial charge in [-0.2, -0.15) is 0 Å². The molecule has 0 heterocycles. The number of nitrogens with zero attached hydrogens (tertiary/aromatic N) is 1. The summed E-state index contributed by atoms with van der Waals surface area (Å²) in [4.78, 5) is 8.11. The highest BCUT2D eigenvalue weighted by atomic mass is 35.8. The molecule has 0 aromatic carbocycles. The maximum absolute atomic E-state index is 8.11. The van der Waals surface area contributed by atoms with Crippen LogP contribution in [-0.4, -0.2) is 16.6 Å². The smallest absolute Gasteiger partial charge is 0.379 e.